The molecule has 2 aromatic rings. The lowest BCUT2D eigenvalue weighted by atomic mass is 10.2. The molecule has 2 heterocycles. The van der Waals surface area contributed by atoms with E-state index in [9.17, 15) is 19.2 Å². The van der Waals surface area contributed by atoms with Gasteiger partial charge in [0.05, 0.1) is 12.1 Å². The molecule has 1 aromatic carbocycles. The van der Waals surface area contributed by atoms with Crippen LogP contribution in [0.1, 0.15) is 24.1 Å². The fourth-order valence-corrected chi connectivity index (χ4v) is 3.55. The van der Waals surface area contributed by atoms with E-state index < -0.39 is 24.5 Å². The summed E-state index contributed by atoms with van der Waals surface area (Å²) in [7, 11) is 0. The first-order chi connectivity index (χ1) is 14.0. The number of esters is 1. The van der Waals surface area contributed by atoms with Crippen LogP contribution < -0.4 is 15.5 Å². The molecule has 10 heteroatoms. The standard InChI is InChI=1S/C19H20N4O5S/c24-15(22-18(27)20-10-13-5-2-1-3-6-13)11-28-17(26)9-14-12-29-19(21-14)23-8-4-7-16(23)25/h1-3,5-6,12H,4,7-11H2,(H2,20,22,24,27). The highest BCUT2D eigenvalue weighted by atomic mass is 32.1. The Morgan fingerprint density at radius 1 is 1.21 bits per heavy atom. The number of amides is 4. The molecule has 0 bridgehead atoms. The predicted molar refractivity (Wildman–Crippen MR) is 105 cm³/mol. The largest absolute Gasteiger partial charge is 0.455 e. The molecule has 0 unspecified atom stereocenters. The van der Waals surface area contributed by atoms with Gasteiger partial charge < -0.3 is 10.1 Å². The molecule has 152 valence electrons. The number of nitrogens with one attached hydrogen (secondary N) is 2. The van der Waals surface area contributed by atoms with Gasteiger partial charge in [0, 0.05) is 24.9 Å². The molecule has 1 fully saturated rings. The molecule has 2 N–H and O–H groups in total. The Hall–Kier alpha value is -3.27. The molecule has 29 heavy (non-hydrogen) atoms. The molecule has 0 atom stereocenters. The highest BCUT2D eigenvalue weighted by Gasteiger charge is 2.24. The number of aromatic nitrogens is 1. The van der Waals surface area contributed by atoms with Crippen LogP contribution in [0.2, 0.25) is 0 Å². The van der Waals surface area contributed by atoms with Crippen molar-refractivity contribution in [1.29, 1.82) is 0 Å². The number of anilines is 1. The zero-order chi connectivity index (χ0) is 20.6. The van der Waals surface area contributed by atoms with Crippen LogP contribution in [0.3, 0.4) is 0 Å². The van der Waals surface area contributed by atoms with Crippen LogP contribution >= 0.6 is 11.3 Å². The van der Waals surface area contributed by atoms with Crippen molar-refractivity contribution < 1.29 is 23.9 Å². The lowest BCUT2D eigenvalue weighted by molar-refractivity contribution is -0.147. The van der Waals surface area contributed by atoms with Crippen molar-refractivity contribution in [2.45, 2.75) is 25.8 Å². The summed E-state index contributed by atoms with van der Waals surface area (Å²) >= 11 is 1.28. The van der Waals surface area contributed by atoms with Crippen molar-refractivity contribution in [2.75, 3.05) is 18.1 Å². The fourth-order valence-electron chi connectivity index (χ4n) is 2.68. The fraction of sp³-hybridized carbons (Fsp3) is 0.316. The molecule has 9 nitrogen and oxygen atoms in total. The van der Waals surface area contributed by atoms with Crippen molar-refractivity contribution in [1.82, 2.24) is 15.6 Å². The second-order valence-electron chi connectivity index (χ2n) is 6.32. The summed E-state index contributed by atoms with van der Waals surface area (Å²) in [6, 6.07) is 8.55. The van der Waals surface area contributed by atoms with E-state index in [1.807, 2.05) is 30.3 Å². The van der Waals surface area contributed by atoms with Gasteiger partial charge in [0.25, 0.3) is 5.91 Å². The monoisotopic (exact) mass is 416 g/mol. The maximum atomic E-state index is 11.9. The summed E-state index contributed by atoms with van der Waals surface area (Å²) in [5.74, 6) is -1.35. The van der Waals surface area contributed by atoms with Gasteiger partial charge in [0.2, 0.25) is 5.91 Å². The molecule has 1 aliphatic rings. The summed E-state index contributed by atoms with van der Waals surface area (Å²) in [6.45, 7) is 0.327. The zero-order valence-corrected chi connectivity index (χ0v) is 16.4. The quantitative estimate of drug-likeness (QED) is 0.659. The van der Waals surface area contributed by atoms with E-state index in [1.165, 1.54) is 11.3 Å². The van der Waals surface area contributed by atoms with Gasteiger partial charge in [-0.25, -0.2) is 9.78 Å². The van der Waals surface area contributed by atoms with E-state index in [4.69, 9.17) is 4.74 Å². The van der Waals surface area contributed by atoms with E-state index in [-0.39, 0.29) is 18.9 Å². The highest BCUT2D eigenvalue weighted by Crippen LogP contribution is 2.25. The summed E-state index contributed by atoms with van der Waals surface area (Å²) in [5, 5.41) is 6.87. The third kappa shape index (κ3) is 6.11. The van der Waals surface area contributed by atoms with E-state index in [1.54, 1.807) is 10.3 Å². The van der Waals surface area contributed by atoms with Gasteiger partial charge in [-0.3, -0.25) is 24.6 Å². The van der Waals surface area contributed by atoms with Crippen LogP contribution in [0.5, 0.6) is 0 Å². The Balaban J connectivity index is 1.36. The molecule has 0 saturated carbocycles. The smallest absolute Gasteiger partial charge is 0.321 e. The van der Waals surface area contributed by atoms with Crippen molar-refractivity contribution in [3.8, 4) is 0 Å². The first-order valence-corrected chi connectivity index (χ1v) is 9.91. The van der Waals surface area contributed by atoms with E-state index in [0.29, 0.717) is 23.8 Å². The Bertz CT molecular complexity index is 899. The second-order valence-corrected chi connectivity index (χ2v) is 7.16. The van der Waals surface area contributed by atoms with Crippen molar-refractivity contribution in [3.63, 3.8) is 0 Å². The average Bonchev–Trinajstić information content (AvgIpc) is 3.34. The van der Waals surface area contributed by atoms with E-state index >= 15 is 0 Å². The molecule has 1 saturated heterocycles. The van der Waals surface area contributed by atoms with Crippen LogP contribution in [-0.4, -0.2) is 42.0 Å². The van der Waals surface area contributed by atoms with Crippen LogP contribution in [0, 0.1) is 0 Å². The second kappa shape index (κ2) is 9.78. The minimum Gasteiger partial charge on any atom is -0.455 e. The molecule has 0 aliphatic carbocycles. The third-order valence-electron chi connectivity index (χ3n) is 4.08. The van der Waals surface area contributed by atoms with Gasteiger partial charge >= 0.3 is 12.0 Å². The first-order valence-electron chi connectivity index (χ1n) is 9.03. The number of carbonyl (C=O) groups is 4. The third-order valence-corrected chi connectivity index (χ3v) is 4.99. The van der Waals surface area contributed by atoms with Crippen molar-refractivity contribution in [2.24, 2.45) is 0 Å². The molecular formula is C19H20N4O5S. The van der Waals surface area contributed by atoms with Crippen LogP contribution in [-0.2, 0) is 32.1 Å². The van der Waals surface area contributed by atoms with Crippen LogP contribution in [0.4, 0.5) is 9.93 Å². The van der Waals surface area contributed by atoms with E-state index in [0.717, 1.165) is 12.0 Å². The van der Waals surface area contributed by atoms with Gasteiger partial charge in [-0.1, -0.05) is 30.3 Å². The maximum Gasteiger partial charge on any atom is 0.321 e. The number of hydrogen-bond acceptors (Lipinski definition) is 7. The Kier molecular flexibility index (Phi) is 6.90. The molecule has 1 aliphatic heterocycles. The Morgan fingerprint density at radius 3 is 2.72 bits per heavy atom. The molecule has 4 amide bonds. The number of benzene rings is 1. The Labute approximate surface area is 171 Å². The number of carbonyl (C=O) groups excluding carboxylic acids is 4. The van der Waals surface area contributed by atoms with Gasteiger partial charge in [-0.2, -0.15) is 0 Å². The average molecular weight is 416 g/mol. The van der Waals surface area contributed by atoms with Gasteiger partial charge in [-0.15, -0.1) is 11.3 Å². The van der Waals surface area contributed by atoms with Crippen LogP contribution in [0.25, 0.3) is 0 Å². The minimum atomic E-state index is -0.731. The lowest BCUT2D eigenvalue weighted by Crippen LogP contribution is -2.41. The lowest BCUT2D eigenvalue weighted by Gasteiger charge is -2.10. The van der Waals surface area contributed by atoms with Gasteiger partial charge in [0.15, 0.2) is 11.7 Å². The van der Waals surface area contributed by atoms with Crippen molar-refractivity contribution >= 4 is 40.3 Å². The number of imide groups is 1. The zero-order valence-electron chi connectivity index (χ0n) is 15.6. The number of nitrogens with zero attached hydrogens (tertiary/aromatic N) is 2. The number of ether oxygens (including phenoxy) is 1. The molecule has 0 spiro atoms. The van der Waals surface area contributed by atoms with Gasteiger partial charge in [0.1, 0.15) is 0 Å². The van der Waals surface area contributed by atoms with Gasteiger partial charge in [-0.05, 0) is 12.0 Å². The summed E-state index contributed by atoms with van der Waals surface area (Å²) in [6.07, 6.45) is 1.18. The number of rotatable bonds is 7. The SMILES string of the molecule is O=C(COC(=O)Cc1csc(N2CCCC2=O)n1)NC(=O)NCc1ccccc1. The minimum absolute atomic E-state index is 0.0238. The first kappa shape index (κ1) is 20.5. The normalized spacial score (nSPS) is 13.2. The number of thiazole rings is 1. The Morgan fingerprint density at radius 2 is 2.00 bits per heavy atom. The molecular weight excluding hydrogens is 396 g/mol. The molecule has 3 rings (SSSR count). The summed E-state index contributed by atoms with van der Waals surface area (Å²) in [5.41, 5.74) is 1.36. The van der Waals surface area contributed by atoms with Crippen molar-refractivity contribution in [3.05, 3.63) is 47.0 Å². The van der Waals surface area contributed by atoms with E-state index in [2.05, 4.69) is 15.6 Å². The molecule has 1 aromatic heterocycles. The topological polar surface area (TPSA) is 118 Å². The number of hydrogen-bond donors (Lipinski definition) is 2. The highest BCUT2D eigenvalue weighted by molar-refractivity contribution is 7.14. The number of urea groups is 1. The maximum absolute atomic E-state index is 11.9. The predicted octanol–water partition coefficient (Wildman–Crippen LogP) is 1.38. The molecule has 0 radical (unpaired) electrons. The van der Waals surface area contributed by atoms with Crippen LogP contribution in [0.15, 0.2) is 35.7 Å². The summed E-state index contributed by atoms with van der Waals surface area (Å²) < 4.78 is 4.88. The summed E-state index contributed by atoms with van der Waals surface area (Å²) in [4.78, 5) is 52.9.